The Hall–Kier alpha value is -2.71. The lowest BCUT2D eigenvalue weighted by molar-refractivity contribution is -0.517. The Bertz CT molecular complexity index is 840. The number of aromatic amines is 1. The van der Waals surface area contributed by atoms with Crippen molar-refractivity contribution in [1.29, 1.82) is 0 Å². The van der Waals surface area contributed by atoms with Crippen LogP contribution in [0.25, 0.3) is 11.1 Å². The predicted octanol–water partition coefficient (Wildman–Crippen LogP) is 0.949. The molecule has 0 spiro atoms. The SMILES string of the molecule is CCOC(N=C(N)c1ccc(-c2ccc(=O)[nH]c2)cc1)=[NH+]COCC[Si](C)C. The summed E-state index contributed by atoms with van der Waals surface area (Å²) in [5, 5.41) is 0. The number of hydrogen-bond donors (Lipinski definition) is 3. The quantitative estimate of drug-likeness (QED) is 0.202. The number of benzene rings is 1. The molecule has 0 saturated heterocycles. The fourth-order valence-electron chi connectivity index (χ4n) is 2.32. The summed E-state index contributed by atoms with van der Waals surface area (Å²) in [5.74, 6) is 0.344. The molecule has 2 aromatic rings. The zero-order valence-electron chi connectivity index (χ0n) is 16.6. The summed E-state index contributed by atoms with van der Waals surface area (Å²) < 4.78 is 11.1. The number of H-pyrrole nitrogens is 1. The highest BCUT2D eigenvalue weighted by Gasteiger charge is 2.12. The lowest BCUT2D eigenvalue weighted by Gasteiger charge is -2.03. The molecule has 8 heteroatoms. The lowest BCUT2D eigenvalue weighted by Crippen LogP contribution is -2.74. The molecule has 0 fully saturated rings. The Labute approximate surface area is 166 Å². The van der Waals surface area contributed by atoms with Gasteiger partial charge in [0, 0.05) is 38.2 Å². The van der Waals surface area contributed by atoms with Crippen molar-refractivity contribution in [1.82, 2.24) is 4.98 Å². The van der Waals surface area contributed by atoms with E-state index in [0.29, 0.717) is 25.2 Å². The van der Waals surface area contributed by atoms with Gasteiger partial charge in [-0.25, -0.2) is 4.99 Å². The standard InChI is InChI=1S/C20H27N4O3Si/c1-4-27-20(23-14-26-11-12-28(2)3)24-19(21)16-7-5-15(6-8-16)17-9-10-18(25)22-13-17/h5-10,13H,4,11-12,14H2,1-3H3,(H,22,25)(H2,21,23,24)/p+1. The number of nitrogens with two attached hydrogens (primary N) is 1. The van der Waals surface area contributed by atoms with E-state index in [-0.39, 0.29) is 14.4 Å². The summed E-state index contributed by atoms with van der Waals surface area (Å²) in [7, 11) is -0.281. The minimum atomic E-state index is -0.281. The maximum Gasteiger partial charge on any atom is 0.495 e. The van der Waals surface area contributed by atoms with Crippen LogP contribution < -0.4 is 16.3 Å². The second-order valence-corrected chi connectivity index (χ2v) is 9.35. The van der Waals surface area contributed by atoms with Gasteiger partial charge in [0.15, 0.2) is 6.73 Å². The number of aromatic nitrogens is 1. The van der Waals surface area contributed by atoms with Crippen LogP contribution in [0.15, 0.2) is 52.4 Å². The molecule has 1 heterocycles. The molecule has 1 radical (unpaired) electrons. The maximum atomic E-state index is 11.2. The number of hydrogen-bond acceptors (Lipinski definition) is 3. The molecule has 4 N–H and O–H groups in total. The molecular weight excluding hydrogens is 372 g/mol. The second-order valence-electron chi connectivity index (χ2n) is 6.44. The van der Waals surface area contributed by atoms with Crippen molar-refractivity contribution < 1.29 is 14.5 Å². The fourth-order valence-corrected chi connectivity index (χ4v) is 2.87. The van der Waals surface area contributed by atoms with Crippen LogP contribution >= 0.6 is 0 Å². The second kappa shape index (κ2) is 11.2. The molecule has 1 aromatic carbocycles. The van der Waals surface area contributed by atoms with Gasteiger partial charge in [-0.05, 0) is 42.3 Å². The van der Waals surface area contributed by atoms with Crippen molar-refractivity contribution >= 4 is 20.7 Å². The summed E-state index contributed by atoms with van der Waals surface area (Å²) in [4.78, 5) is 21.2. The number of nitrogens with one attached hydrogen (secondary N) is 2. The molecule has 0 amide bonds. The molecule has 0 bridgehead atoms. The number of amidine groups is 2. The Kier molecular flexibility index (Phi) is 8.64. The minimum absolute atomic E-state index is 0.127. The highest BCUT2D eigenvalue weighted by molar-refractivity contribution is 6.55. The molecule has 0 saturated carbocycles. The zero-order valence-corrected chi connectivity index (χ0v) is 17.6. The smallest absolute Gasteiger partial charge is 0.429 e. The average molecular weight is 401 g/mol. The third kappa shape index (κ3) is 7.13. The van der Waals surface area contributed by atoms with Gasteiger partial charge in [-0.15, -0.1) is 0 Å². The number of rotatable bonds is 8. The van der Waals surface area contributed by atoms with Crippen molar-refractivity contribution in [2.24, 2.45) is 10.7 Å². The van der Waals surface area contributed by atoms with Crippen LogP contribution in [-0.2, 0) is 9.47 Å². The van der Waals surface area contributed by atoms with Gasteiger partial charge in [0.1, 0.15) is 0 Å². The van der Waals surface area contributed by atoms with Crippen LogP contribution in [-0.4, -0.2) is 45.6 Å². The molecule has 0 aliphatic heterocycles. The van der Waals surface area contributed by atoms with Crippen molar-refractivity contribution in [2.45, 2.75) is 26.1 Å². The van der Waals surface area contributed by atoms with Gasteiger partial charge >= 0.3 is 6.02 Å². The maximum absolute atomic E-state index is 11.2. The summed E-state index contributed by atoms with van der Waals surface area (Å²) in [6.45, 7) is 7.92. The van der Waals surface area contributed by atoms with Gasteiger partial charge < -0.3 is 20.2 Å². The van der Waals surface area contributed by atoms with E-state index in [0.717, 1.165) is 29.3 Å². The topological polar surface area (TPSA) is 104 Å². The predicted molar refractivity (Wildman–Crippen MR) is 114 cm³/mol. The van der Waals surface area contributed by atoms with E-state index in [2.05, 4.69) is 28.1 Å². The minimum Gasteiger partial charge on any atom is -0.429 e. The number of nitrogens with zero attached hydrogens (tertiary/aromatic N) is 1. The molecule has 7 nitrogen and oxygen atoms in total. The van der Waals surface area contributed by atoms with E-state index < -0.39 is 0 Å². The first-order valence-corrected chi connectivity index (χ1v) is 11.9. The summed E-state index contributed by atoms with van der Waals surface area (Å²) in [6.07, 6.45) is 1.68. The zero-order chi connectivity index (χ0) is 20.4. The molecule has 0 aliphatic carbocycles. The Morgan fingerprint density at radius 1 is 1.18 bits per heavy atom. The first-order valence-electron chi connectivity index (χ1n) is 9.23. The highest BCUT2D eigenvalue weighted by Crippen LogP contribution is 2.17. The normalized spacial score (nSPS) is 12.4. The van der Waals surface area contributed by atoms with E-state index in [1.54, 1.807) is 12.3 Å². The summed E-state index contributed by atoms with van der Waals surface area (Å²) >= 11 is 0. The molecule has 2 rings (SSSR count). The molecule has 149 valence electrons. The van der Waals surface area contributed by atoms with Crippen molar-refractivity contribution in [3.05, 3.63) is 58.5 Å². The van der Waals surface area contributed by atoms with E-state index in [1.165, 1.54) is 6.07 Å². The van der Waals surface area contributed by atoms with Gasteiger partial charge in [-0.1, -0.05) is 25.2 Å². The third-order valence-electron chi connectivity index (χ3n) is 3.87. The number of pyridine rings is 1. The van der Waals surface area contributed by atoms with Gasteiger partial charge in [0.25, 0.3) is 0 Å². The molecule has 0 aliphatic rings. The van der Waals surface area contributed by atoms with Crippen molar-refractivity contribution in [3.63, 3.8) is 0 Å². The Balaban J connectivity index is 2.05. The monoisotopic (exact) mass is 400 g/mol. The van der Waals surface area contributed by atoms with Gasteiger partial charge in [-0.2, -0.15) is 0 Å². The van der Waals surface area contributed by atoms with Gasteiger partial charge in [-0.3, -0.25) is 4.79 Å². The summed E-state index contributed by atoms with van der Waals surface area (Å²) in [5.41, 5.74) is 8.67. The van der Waals surface area contributed by atoms with Crippen LogP contribution in [0.2, 0.25) is 19.1 Å². The Morgan fingerprint density at radius 2 is 1.89 bits per heavy atom. The highest BCUT2D eigenvalue weighted by atomic mass is 28.3. The number of ether oxygens (including phenoxy) is 2. The van der Waals surface area contributed by atoms with E-state index >= 15 is 0 Å². The van der Waals surface area contributed by atoms with Crippen LogP contribution in [0.5, 0.6) is 0 Å². The molecular formula is C20H28N4O3Si+. The van der Waals surface area contributed by atoms with E-state index in [4.69, 9.17) is 15.2 Å². The van der Waals surface area contributed by atoms with Crippen LogP contribution in [0.1, 0.15) is 12.5 Å². The average Bonchev–Trinajstić information content (AvgIpc) is 2.68. The van der Waals surface area contributed by atoms with Crippen LogP contribution in [0, 0.1) is 0 Å². The van der Waals surface area contributed by atoms with Gasteiger partial charge in [0.05, 0.1) is 6.61 Å². The third-order valence-corrected chi connectivity index (χ3v) is 5.08. The number of aliphatic imine (C=N–C) groups is 1. The lowest BCUT2D eigenvalue weighted by atomic mass is 10.1. The van der Waals surface area contributed by atoms with Crippen LogP contribution in [0.3, 0.4) is 0 Å². The summed E-state index contributed by atoms with van der Waals surface area (Å²) in [6, 6.07) is 12.3. The van der Waals surface area contributed by atoms with E-state index in [1.807, 2.05) is 31.2 Å². The van der Waals surface area contributed by atoms with Crippen molar-refractivity contribution in [3.8, 4) is 11.1 Å². The first kappa shape index (κ1) is 21.6. The fraction of sp³-hybridized carbons (Fsp3) is 0.350. The molecule has 0 unspecified atom stereocenters. The Morgan fingerprint density at radius 3 is 2.50 bits per heavy atom. The van der Waals surface area contributed by atoms with Crippen LogP contribution in [0.4, 0.5) is 0 Å². The van der Waals surface area contributed by atoms with Gasteiger partial charge in [0.2, 0.25) is 11.4 Å². The van der Waals surface area contributed by atoms with E-state index in [9.17, 15) is 4.79 Å². The largest absolute Gasteiger partial charge is 0.495 e. The molecule has 1 aromatic heterocycles. The molecule has 28 heavy (non-hydrogen) atoms. The first-order chi connectivity index (χ1) is 13.5. The van der Waals surface area contributed by atoms with Crippen molar-refractivity contribution in [2.75, 3.05) is 19.9 Å². The molecule has 0 atom stereocenters.